The van der Waals surface area contributed by atoms with Crippen LogP contribution in [-0.4, -0.2) is 65.1 Å². The molecule has 0 radical (unpaired) electrons. The van der Waals surface area contributed by atoms with Crippen LogP contribution in [0.15, 0.2) is 77.7 Å². The Morgan fingerprint density at radius 3 is 2.14 bits per heavy atom. The molecule has 0 saturated carbocycles. The fraction of sp³-hybridized carbons (Fsp3) is 0.375. The van der Waals surface area contributed by atoms with Crippen LogP contribution in [0, 0.1) is 0 Å². The van der Waals surface area contributed by atoms with E-state index in [4.69, 9.17) is 14.2 Å². The first-order valence-electron chi connectivity index (χ1n) is 14.1. The molecule has 0 aliphatic carbocycles. The average molecular weight is 612 g/mol. The summed E-state index contributed by atoms with van der Waals surface area (Å²) in [6.45, 7) is 5.20. The van der Waals surface area contributed by atoms with Gasteiger partial charge in [-0.3, -0.25) is 13.9 Å². The maximum Gasteiger partial charge on any atom is 0.264 e. The van der Waals surface area contributed by atoms with Crippen LogP contribution >= 0.6 is 0 Å². The Labute approximate surface area is 254 Å². The number of anilines is 1. The number of para-hydroxylation sites is 1. The molecule has 11 heteroatoms. The van der Waals surface area contributed by atoms with Crippen molar-refractivity contribution in [1.82, 2.24) is 10.2 Å². The Kier molecular flexibility index (Phi) is 11.8. The van der Waals surface area contributed by atoms with Crippen molar-refractivity contribution in [2.24, 2.45) is 0 Å². The summed E-state index contributed by atoms with van der Waals surface area (Å²) < 4.78 is 45.3. The number of carbonyl (C=O) groups is 2. The fourth-order valence-electron chi connectivity index (χ4n) is 4.56. The van der Waals surface area contributed by atoms with Gasteiger partial charge in [-0.25, -0.2) is 8.42 Å². The van der Waals surface area contributed by atoms with Crippen LogP contribution in [-0.2, 0) is 26.2 Å². The number of rotatable bonds is 15. The van der Waals surface area contributed by atoms with Crippen molar-refractivity contribution in [3.8, 4) is 17.2 Å². The molecule has 0 fully saturated rings. The molecule has 0 aromatic heterocycles. The molecule has 1 N–H and O–H groups in total. The Bertz CT molecular complexity index is 1480. The molecule has 0 aliphatic rings. The minimum absolute atomic E-state index is 0.0709. The lowest BCUT2D eigenvalue weighted by molar-refractivity contribution is -0.140. The van der Waals surface area contributed by atoms with Crippen LogP contribution in [0.1, 0.15) is 39.2 Å². The molecule has 43 heavy (non-hydrogen) atoms. The second-order valence-corrected chi connectivity index (χ2v) is 11.8. The van der Waals surface area contributed by atoms with Crippen molar-refractivity contribution in [2.75, 3.05) is 32.2 Å². The van der Waals surface area contributed by atoms with E-state index in [0.717, 1.165) is 16.3 Å². The average Bonchev–Trinajstić information content (AvgIpc) is 3.03. The highest BCUT2D eigenvalue weighted by molar-refractivity contribution is 7.92. The maximum atomic E-state index is 14.2. The summed E-state index contributed by atoms with van der Waals surface area (Å²) in [4.78, 5) is 29.0. The van der Waals surface area contributed by atoms with Gasteiger partial charge in [0.1, 0.15) is 18.3 Å². The monoisotopic (exact) mass is 611 g/mol. The van der Waals surface area contributed by atoms with E-state index in [1.807, 2.05) is 26.8 Å². The number of amides is 2. The zero-order valence-electron chi connectivity index (χ0n) is 25.6. The first-order valence-corrected chi connectivity index (χ1v) is 15.6. The van der Waals surface area contributed by atoms with E-state index in [1.165, 1.54) is 37.3 Å². The van der Waals surface area contributed by atoms with E-state index >= 15 is 0 Å². The van der Waals surface area contributed by atoms with Gasteiger partial charge in [-0.05, 0) is 61.7 Å². The van der Waals surface area contributed by atoms with Gasteiger partial charge >= 0.3 is 0 Å². The van der Waals surface area contributed by atoms with Crippen LogP contribution in [0.5, 0.6) is 17.2 Å². The SMILES string of the molecule is CC[C@H](C(=O)N[C@@H](C)CC)N(Cc1cccc(OC)c1)C(=O)CN(c1ccccc1)S(=O)(=O)c1ccc(OC)c(OC)c1. The molecule has 3 aromatic carbocycles. The standard InChI is InChI=1S/C32H41N3O7S/c1-7-23(3)33-32(37)28(8-2)34(21-24-13-12-16-26(19-24)40-4)31(36)22-35(25-14-10-9-11-15-25)43(38,39)27-17-18-29(41-5)30(20-27)42-6/h9-20,23,28H,7-8,21-22H2,1-6H3,(H,33,37)/t23-,28+/m0/s1. The number of nitrogens with zero attached hydrogens (tertiary/aromatic N) is 2. The Balaban J connectivity index is 2.08. The van der Waals surface area contributed by atoms with Gasteiger partial charge in [-0.1, -0.05) is 44.2 Å². The number of ether oxygens (including phenoxy) is 3. The molecule has 3 rings (SSSR count). The Hall–Kier alpha value is -4.25. The van der Waals surface area contributed by atoms with E-state index in [9.17, 15) is 18.0 Å². The number of hydrogen-bond donors (Lipinski definition) is 1. The number of nitrogens with one attached hydrogen (secondary N) is 1. The van der Waals surface area contributed by atoms with E-state index in [-0.39, 0.29) is 29.1 Å². The minimum Gasteiger partial charge on any atom is -0.497 e. The van der Waals surface area contributed by atoms with E-state index in [2.05, 4.69) is 5.32 Å². The number of benzene rings is 3. The number of methoxy groups -OCH3 is 3. The van der Waals surface area contributed by atoms with Gasteiger partial charge in [0.05, 0.1) is 31.9 Å². The summed E-state index contributed by atoms with van der Waals surface area (Å²) >= 11 is 0. The molecule has 3 aromatic rings. The third-order valence-corrected chi connectivity index (χ3v) is 8.91. The van der Waals surface area contributed by atoms with Crippen LogP contribution in [0.3, 0.4) is 0 Å². The van der Waals surface area contributed by atoms with Crippen LogP contribution < -0.4 is 23.8 Å². The van der Waals surface area contributed by atoms with Crippen molar-refractivity contribution in [3.63, 3.8) is 0 Å². The number of sulfonamides is 1. The lowest BCUT2D eigenvalue weighted by Gasteiger charge is -2.33. The zero-order valence-corrected chi connectivity index (χ0v) is 26.4. The molecule has 2 atom stereocenters. The van der Waals surface area contributed by atoms with Crippen molar-refractivity contribution >= 4 is 27.5 Å². The summed E-state index contributed by atoms with van der Waals surface area (Å²) in [7, 11) is 0.152. The van der Waals surface area contributed by atoms with E-state index in [1.54, 1.807) is 55.6 Å². The molecular formula is C32H41N3O7S. The lowest BCUT2D eigenvalue weighted by atomic mass is 10.1. The van der Waals surface area contributed by atoms with Gasteiger partial charge in [-0.15, -0.1) is 0 Å². The normalized spacial score (nSPS) is 12.5. The molecule has 0 bridgehead atoms. The Morgan fingerprint density at radius 2 is 1.53 bits per heavy atom. The molecule has 2 amide bonds. The zero-order chi connectivity index (χ0) is 31.6. The first kappa shape index (κ1) is 33.3. The molecule has 0 heterocycles. The minimum atomic E-state index is -4.27. The van der Waals surface area contributed by atoms with E-state index < -0.39 is 28.5 Å². The highest BCUT2D eigenvalue weighted by Gasteiger charge is 2.34. The summed E-state index contributed by atoms with van der Waals surface area (Å²) in [5.74, 6) is 0.356. The van der Waals surface area contributed by atoms with Crippen molar-refractivity contribution in [2.45, 2.75) is 57.1 Å². The second-order valence-electron chi connectivity index (χ2n) is 9.98. The summed E-state index contributed by atoms with van der Waals surface area (Å²) in [5.41, 5.74) is 1.03. The Morgan fingerprint density at radius 1 is 0.837 bits per heavy atom. The van der Waals surface area contributed by atoms with Gasteiger partial charge in [0.25, 0.3) is 10.0 Å². The molecule has 10 nitrogen and oxygen atoms in total. The largest absolute Gasteiger partial charge is 0.497 e. The molecule has 0 saturated heterocycles. The van der Waals surface area contributed by atoms with Gasteiger partial charge in [0, 0.05) is 18.7 Å². The van der Waals surface area contributed by atoms with Gasteiger partial charge in [0.15, 0.2) is 11.5 Å². The molecule has 0 spiro atoms. The highest BCUT2D eigenvalue weighted by atomic mass is 32.2. The number of hydrogen-bond acceptors (Lipinski definition) is 7. The van der Waals surface area contributed by atoms with E-state index in [0.29, 0.717) is 23.6 Å². The predicted molar refractivity (Wildman–Crippen MR) is 166 cm³/mol. The maximum absolute atomic E-state index is 14.2. The smallest absolute Gasteiger partial charge is 0.264 e. The molecule has 0 unspecified atom stereocenters. The third kappa shape index (κ3) is 8.19. The van der Waals surface area contributed by atoms with Crippen molar-refractivity contribution in [1.29, 1.82) is 0 Å². The summed E-state index contributed by atoms with van der Waals surface area (Å²) in [6, 6.07) is 18.9. The topological polar surface area (TPSA) is 114 Å². The first-order chi connectivity index (χ1) is 20.6. The number of carbonyl (C=O) groups excluding carboxylic acids is 2. The van der Waals surface area contributed by atoms with Crippen LogP contribution in [0.25, 0.3) is 0 Å². The highest BCUT2D eigenvalue weighted by Crippen LogP contribution is 2.32. The van der Waals surface area contributed by atoms with Crippen molar-refractivity contribution in [3.05, 3.63) is 78.4 Å². The quantitative estimate of drug-likeness (QED) is 0.267. The second kappa shape index (κ2) is 15.3. The van der Waals surface area contributed by atoms with Gasteiger partial charge in [-0.2, -0.15) is 0 Å². The van der Waals surface area contributed by atoms with Crippen molar-refractivity contribution < 1.29 is 32.2 Å². The third-order valence-electron chi connectivity index (χ3n) is 7.14. The summed E-state index contributed by atoms with van der Waals surface area (Å²) in [5, 5.41) is 2.97. The van der Waals surface area contributed by atoms with Crippen LogP contribution in [0.4, 0.5) is 5.69 Å². The summed E-state index contributed by atoms with van der Waals surface area (Å²) in [6.07, 6.45) is 1.04. The fourth-order valence-corrected chi connectivity index (χ4v) is 5.99. The molecular weight excluding hydrogens is 570 g/mol. The predicted octanol–water partition coefficient (Wildman–Crippen LogP) is 4.63. The van der Waals surface area contributed by atoms with Crippen LogP contribution in [0.2, 0.25) is 0 Å². The molecule has 0 aliphatic heterocycles. The van der Waals surface area contributed by atoms with Gasteiger partial charge in [0.2, 0.25) is 11.8 Å². The van der Waals surface area contributed by atoms with Gasteiger partial charge < -0.3 is 24.4 Å². The molecule has 232 valence electrons. The lowest BCUT2D eigenvalue weighted by Crippen LogP contribution is -2.53.